The number of methoxy groups -OCH3 is 1. The van der Waals surface area contributed by atoms with Gasteiger partial charge in [0.05, 0.1) is 16.5 Å². The second-order valence-electron chi connectivity index (χ2n) is 3.54. The average molecular weight is 354 g/mol. The summed E-state index contributed by atoms with van der Waals surface area (Å²) in [5.74, 6) is 1.55. The van der Waals surface area contributed by atoms with Crippen LogP contribution in [0.4, 0.5) is 0 Å². The monoisotopic (exact) mass is 353 g/mol. The molecule has 0 unspecified atom stereocenters. The van der Waals surface area contributed by atoms with E-state index in [1.165, 1.54) is 19.2 Å². The molecule has 0 aliphatic rings. The molecule has 1 aromatic rings. The maximum absolute atomic E-state index is 12.0. The minimum atomic E-state index is -3.43. The Morgan fingerprint density at radius 3 is 2.72 bits per heavy atom. The van der Waals surface area contributed by atoms with Gasteiger partial charge in [-0.25, -0.2) is 13.1 Å². The zero-order valence-corrected chi connectivity index (χ0v) is 13.5. The van der Waals surface area contributed by atoms with Gasteiger partial charge < -0.3 is 4.74 Å². The highest BCUT2D eigenvalue weighted by atomic mass is 79.9. The smallest absolute Gasteiger partial charge is 0.240 e. The minimum Gasteiger partial charge on any atom is -0.496 e. The summed E-state index contributed by atoms with van der Waals surface area (Å²) < 4.78 is 32.2. The van der Waals surface area contributed by atoms with E-state index in [0.29, 0.717) is 16.8 Å². The Balaban J connectivity index is 2.76. The van der Waals surface area contributed by atoms with E-state index >= 15 is 0 Å². The number of thioether (sulfide) groups is 1. The standard InChI is InChI=1S/C11H16BrNO3S2/c1-16-11-5-4-9(8-10(11)12)18(14,15)13-6-3-7-17-2/h4-5,8,13H,3,6-7H2,1-2H3. The molecule has 0 fully saturated rings. The number of benzene rings is 1. The van der Waals surface area contributed by atoms with Gasteiger partial charge in [-0.2, -0.15) is 11.8 Å². The van der Waals surface area contributed by atoms with E-state index in [1.54, 1.807) is 17.8 Å². The number of hydrogen-bond donors (Lipinski definition) is 1. The minimum absolute atomic E-state index is 0.235. The lowest BCUT2D eigenvalue weighted by atomic mass is 10.3. The van der Waals surface area contributed by atoms with Crippen LogP contribution >= 0.6 is 27.7 Å². The highest BCUT2D eigenvalue weighted by Crippen LogP contribution is 2.27. The van der Waals surface area contributed by atoms with Gasteiger partial charge in [-0.3, -0.25) is 0 Å². The summed E-state index contributed by atoms with van der Waals surface area (Å²) in [4.78, 5) is 0.235. The summed E-state index contributed by atoms with van der Waals surface area (Å²) >= 11 is 4.97. The first kappa shape index (κ1) is 15.8. The lowest BCUT2D eigenvalue weighted by Gasteiger charge is -2.08. The Morgan fingerprint density at radius 1 is 1.44 bits per heavy atom. The number of rotatable bonds is 7. The molecule has 0 saturated carbocycles. The molecule has 0 saturated heterocycles. The fourth-order valence-corrected chi connectivity index (χ4v) is 3.55. The average Bonchev–Trinajstić information content (AvgIpc) is 2.34. The van der Waals surface area contributed by atoms with Crippen molar-refractivity contribution in [1.29, 1.82) is 0 Å². The fraction of sp³-hybridized carbons (Fsp3) is 0.455. The SMILES string of the molecule is COc1ccc(S(=O)(=O)NCCCSC)cc1Br. The number of ether oxygens (including phenoxy) is 1. The number of hydrogen-bond acceptors (Lipinski definition) is 4. The van der Waals surface area contributed by atoms with Crippen molar-refractivity contribution in [2.45, 2.75) is 11.3 Å². The highest BCUT2D eigenvalue weighted by Gasteiger charge is 2.14. The first-order valence-corrected chi connectivity index (χ1v) is 9.00. The van der Waals surface area contributed by atoms with Crippen LogP contribution in [0, 0.1) is 0 Å². The number of halogens is 1. The maximum Gasteiger partial charge on any atom is 0.240 e. The van der Waals surface area contributed by atoms with Crippen molar-refractivity contribution < 1.29 is 13.2 Å². The molecule has 0 aliphatic heterocycles. The van der Waals surface area contributed by atoms with Crippen molar-refractivity contribution in [3.05, 3.63) is 22.7 Å². The first-order chi connectivity index (χ1) is 8.51. The summed E-state index contributed by atoms with van der Waals surface area (Å²) in [7, 11) is -1.90. The van der Waals surface area contributed by atoms with Gasteiger partial charge in [0.15, 0.2) is 0 Å². The molecule has 102 valence electrons. The van der Waals surface area contributed by atoms with Crippen molar-refractivity contribution in [2.24, 2.45) is 0 Å². The Kier molecular flexibility index (Phi) is 6.48. The Labute approximate surface area is 121 Å². The van der Waals surface area contributed by atoms with Gasteiger partial charge in [-0.05, 0) is 52.6 Å². The van der Waals surface area contributed by atoms with Gasteiger partial charge in [-0.1, -0.05) is 0 Å². The summed E-state index contributed by atoms with van der Waals surface area (Å²) in [6.07, 6.45) is 2.81. The molecule has 0 bridgehead atoms. The van der Waals surface area contributed by atoms with Crippen molar-refractivity contribution in [1.82, 2.24) is 4.72 Å². The molecular weight excluding hydrogens is 338 g/mol. The molecule has 4 nitrogen and oxygen atoms in total. The molecule has 0 radical (unpaired) electrons. The van der Waals surface area contributed by atoms with Crippen molar-refractivity contribution in [3.63, 3.8) is 0 Å². The number of nitrogens with one attached hydrogen (secondary N) is 1. The van der Waals surface area contributed by atoms with E-state index in [9.17, 15) is 8.42 Å². The second kappa shape index (κ2) is 7.37. The zero-order valence-electron chi connectivity index (χ0n) is 10.3. The molecule has 0 aliphatic carbocycles. The topological polar surface area (TPSA) is 55.4 Å². The third-order valence-corrected chi connectivity index (χ3v) is 5.03. The Bertz CT molecular complexity index is 491. The predicted octanol–water partition coefficient (Wildman–Crippen LogP) is 2.49. The molecule has 0 spiro atoms. The van der Waals surface area contributed by atoms with Crippen LogP contribution in [0.5, 0.6) is 5.75 Å². The summed E-state index contributed by atoms with van der Waals surface area (Å²) in [6, 6.07) is 4.69. The molecular formula is C11H16BrNO3S2. The van der Waals surface area contributed by atoms with Crippen LogP contribution in [0.1, 0.15) is 6.42 Å². The lowest BCUT2D eigenvalue weighted by molar-refractivity contribution is 0.411. The number of sulfonamides is 1. The normalized spacial score (nSPS) is 11.5. The van der Waals surface area contributed by atoms with E-state index < -0.39 is 10.0 Å². The third kappa shape index (κ3) is 4.46. The Morgan fingerprint density at radius 2 is 2.17 bits per heavy atom. The largest absolute Gasteiger partial charge is 0.496 e. The van der Waals surface area contributed by atoms with Crippen LogP contribution in [-0.4, -0.2) is 34.1 Å². The van der Waals surface area contributed by atoms with Crippen LogP contribution in [0.3, 0.4) is 0 Å². The molecule has 0 amide bonds. The van der Waals surface area contributed by atoms with Crippen LogP contribution in [0.15, 0.2) is 27.6 Å². The summed E-state index contributed by atoms with van der Waals surface area (Å²) in [5.41, 5.74) is 0. The van der Waals surface area contributed by atoms with Gasteiger partial charge in [0.25, 0.3) is 0 Å². The molecule has 1 N–H and O–H groups in total. The highest BCUT2D eigenvalue weighted by molar-refractivity contribution is 9.10. The van der Waals surface area contributed by atoms with E-state index in [0.717, 1.165) is 12.2 Å². The van der Waals surface area contributed by atoms with Gasteiger partial charge in [0.1, 0.15) is 5.75 Å². The maximum atomic E-state index is 12.0. The molecule has 7 heteroatoms. The van der Waals surface area contributed by atoms with Crippen LogP contribution in [-0.2, 0) is 10.0 Å². The van der Waals surface area contributed by atoms with E-state index in [4.69, 9.17) is 4.74 Å². The zero-order chi connectivity index (χ0) is 13.6. The summed E-state index contributed by atoms with van der Waals surface area (Å²) in [5, 5.41) is 0. The quantitative estimate of drug-likeness (QED) is 0.765. The van der Waals surface area contributed by atoms with Gasteiger partial charge in [0.2, 0.25) is 10.0 Å². The molecule has 18 heavy (non-hydrogen) atoms. The predicted molar refractivity (Wildman–Crippen MR) is 78.9 cm³/mol. The molecule has 0 aromatic heterocycles. The van der Waals surface area contributed by atoms with Crippen LogP contribution in [0.25, 0.3) is 0 Å². The van der Waals surface area contributed by atoms with Crippen molar-refractivity contribution in [2.75, 3.05) is 25.7 Å². The van der Waals surface area contributed by atoms with Crippen molar-refractivity contribution in [3.8, 4) is 5.75 Å². The van der Waals surface area contributed by atoms with Crippen LogP contribution < -0.4 is 9.46 Å². The second-order valence-corrected chi connectivity index (χ2v) is 7.15. The third-order valence-electron chi connectivity index (χ3n) is 2.25. The summed E-state index contributed by atoms with van der Waals surface area (Å²) in [6.45, 7) is 0.451. The van der Waals surface area contributed by atoms with E-state index in [2.05, 4.69) is 20.7 Å². The molecule has 1 rings (SSSR count). The lowest BCUT2D eigenvalue weighted by Crippen LogP contribution is -2.25. The molecule has 0 heterocycles. The van der Waals surface area contributed by atoms with Crippen molar-refractivity contribution >= 4 is 37.7 Å². The van der Waals surface area contributed by atoms with E-state index in [1.807, 2.05) is 6.26 Å². The van der Waals surface area contributed by atoms with Gasteiger partial charge in [-0.15, -0.1) is 0 Å². The Hall–Kier alpha value is -0.240. The fourth-order valence-electron chi connectivity index (χ4n) is 1.32. The molecule has 1 aromatic carbocycles. The van der Waals surface area contributed by atoms with Gasteiger partial charge >= 0.3 is 0 Å². The first-order valence-electron chi connectivity index (χ1n) is 5.33. The van der Waals surface area contributed by atoms with Crippen LogP contribution in [0.2, 0.25) is 0 Å². The molecule has 0 atom stereocenters. The van der Waals surface area contributed by atoms with E-state index in [-0.39, 0.29) is 4.90 Å². The van der Waals surface area contributed by atoms with Gasteiger partial charge in [0, 0.05) is 6.54 Å².